The van der Waals surface area contributed by atoms with Crippen molar-refractivity contribution < 1.29 is 19.5 Å². The molecule has 0 bridgehead atoms. The molecule has 0 amide bonds. The number of phenolic OH excluding ortho intramolecular Hbond substituents is 1. The predicted octanol–water partition coefficient (Wildman–Crippen LogP) is 3.74. The summed E-state index contributed by atoms with van der Waals surface area (Å²) >= 11 is 0. The van der Waals surface area contributed by atoms with E-state index in [4.69, 9.17) is 9.63 Å². The number of aromatic hydroxyl groups is 1. The maximum atomic E-state index is 10.9. The highest BCUT2D eigenvalue weighted by atomic mass is 16.5. The summed E-state index contributed by atoms with van der Waals surface area (Å²) in [7, 11) is 0. The Labute approximate surface area is 199 Å². The summed E-state index contributed by atoms with van der Waals surface area (Å²) in [5.74, 6) is -0.347. The largest absolute Gasteiger partial charge is 0.508 e. The lowest BCUT2D eigenvalue weighted by atomic mass is 9.92. The molecular weight excluding hydrogens is 432 g/mol. The summed E-state index contributed by atoms with van der Waals surface area (Å²) < 4.78 is 5.05. The Morgan fingerprint density at radius 3 is 2.62 bits per heavy atom. The second kappa shape index (κ2) is 10.2. The maximum Gasteiger partial charge on any atom is 0.312 e. The first kappa shape index (κ1) is 23.7. The van der Waals surface area contributed by atoms with Crippen molar-refractivity contribution >= 4 is 5.97 Å². The number of nitrogens with zero attached hydrogens (tertiary/aromatic N) is 4. The number of carboxylic acids is 1. The molecule has 2 heterocycles. The molecule has 0 spiro atoms. The molecule has 3 aromatic rings. The molecule has 4 rings (SSSR count). The quantitative estimate of drug-likeness (QED) is 0.488. The zero-order valence-electron chi connectivity index (χ0n) is 19.5. The van der Waals surface area contributed by atoms with Gasteiger partial charge >= 0.3 is 5.97 Å². The summed E-state index contributed by atoms with van der Waals surface area (Å²) in [6.45, 7) is 11.0. The molecule has 8 heteroatoms. The first-order chi connectivity index (χ1) is 16.4. The van der Waals surface area contributed by atoms with Gasteiger partial charge in [0, 0.05) is 37.3 Å². The summed E-state index contributed by atoms with van der Waals surface area (Å²) in [5.41, 5.74) is 2.85. The normalized spacial score (nSPS) is 20.2. The van der Waals surface area contributed by atoms with Crippen molar-refractivity contribution in [3.05, 3.63) is 78.2 Å². The van der Waals surface area contributed by atoms with Crippen LogP contribution in [0.4, 0.5) is 0 Å². The standard InChI is InChI=1S/C26H30N4O4/c1-4-12-29-15-18(3)30(16-17(29)2)25(21-6-5-7-22(31)13-21)19-8-10-20(11-9-19)26-27-23(34-28-26)14-24(32)33/h4-11,13,17-18,25,31H,1,12,14-16H2,2-3H3,(H,32,33). The zero-order chi connectivity index (χ0) is 24.2. The number of aromatic nitrogens is 2. The van der Waals surface area contributed by atoms with Gasteiger partial charge in [0.1, 0.15) is 12.2 Å². The van der Waals surface area contributed by atoms with E-state index >= 15 is 0 Å². The smallest absolute Gasteiger partial charge is 0.312 e. The highest BCUT2D eigenvalue weighted by Crippen LogP contribution is 2.35. The number of piperazine rings is 1. The van der Waals surface area contributed by atoms with Crippen molar-refractivity contribution in [1.29, 1.82) is 0 Å². The molecular formula is C26H30N4O4. The molecule has 1 saturated heterocycles. The number of phenols is 1. The van der Waals surface area contributed by atoms with Crippen molar-refractivity contribution in [3.8, 4) is 17.1 Å². The van der Waals surface area contributed by atoms with Gasteiger partial charge in [0.15, 0.2) is 0 Å². The fourth-order valence-electron chi connectivity index (χ4n) is 4.66. The Hall–Kier alpha value is -3.49. The van der Waals surface area contributed by atoms with E-state index in [-0.39, 0.29) is 24.1 Å². The maximum absolute atomic E-state index is 10.9. The Bertz CT molecular complexity index is 1140. The molecule has 0 aliphatic carbocycles. The average Bonchev–Trinajstić information content (AvgIpc) is 3.25. The van der Waals surface area contributed by atoms with E-state index in [2.05, 4.69) is 40.4 Å². The van der Waals surface area contributed by atoms with Crippen molar-refractivity contribution in [2.75, 3.05) is 19.6 Å². The van der Waals surface area contributed by atoms with Crippen LogP contribution in [0, 0.1) is 0 Å². The van der Waals surface area contributed by atoms with E-state index in [0.29, 0.717) is 17.9 Å². The first-order valence-electron chi connectivity index (χ1n) is 11.4. The van der Waals surface area contributed by atoms with Crippen molar-refractivity contribution in [2.24, 2.45) is 0 Å². The van der Waals surface area contributed by atoms with Gasteiger partial charge in [0.2, 0.25) is 11.7 Å². The number of hydrogen-bond donors (Lipinski definition) is 2. The minimum atomic E-state index is -1.02. The third kappa shape index (κ3) is 5.18. The van der Waals surface area contributed by atoms with Crippen molar-refractivity contribution in [3.63, 3.8) is 0 Å². The van der Waals surface area contributed by atoms with Gasteiger partial charge in [-0.05, 0) is 37.1 Å². The van der Waals surface area contributed by atoms with Gasteiger partial charge in [0.25, 0.3) is 0 Å². The Morgan fingerprint density at radius 2 is 1.94 bits per heavy atom. The van der Waals surface area contributed by atoms with E-state index in [0.717, 1.165) is 36.3 Å². The van der Waals surface area contributed by atoms with E-state index in [1.165, 1.54) is 0 Å². The van der Waals surface area contributed by atoms with Crippen LogP contribution in [0.25, 0.3) is 11.4 Å². The van der Waals surface area contributed by atoms with Crippen LogP contribution in [-0.2, 0) is 11.2 Å². The van der Waals surface area contributed by atoms with E-state index in [1.807, 2.05) is 48.5 Å². The number of benzene rings is 2. The van der Waals surface area contributed by atoms with Gasteiger partial charge in [-0.3, -0.25) is 14.6 Å². The molecule has 1 fully saturated rings. The second-order valence-electron chi connectivity index (χ2n) is 8.84. The average molecular weight is 463 g/mol. The Morgan fingerprint density at radius 1 is 1.18 bits per heavy atom. The lowest BCUT2D eigenvalue weighted by Crippen LogP contribution is -2.57. The fourth-order valence-corrected chi connectivity index (χ4v) is 4.66. The van der Waals surface area contributed by atoms with Crippen LogP contribution in [0.5, 0.6) is 5.75 Å². The predicted molar refractivity (Wildman–Crippen MR) is 128 cm³/mol. The van der Waals surface area contributed by atoms with E-state index in [1.54, 1.807) is 6.07 Å². The van der Waals surface area contributed by atoms with Gasteiger partial charge in [-0.2, -0.15) is 4.98 Å². The number of hydrogen-bond acceptors (Lipinski definition) is 7. The van der Waals surface area contributed by atoms with Crippen molar-refractivity contribution in [2.45, 2.75) is 38.4 Å². The van der Waals surface area contributed by atoms with Gasteiger partial charge in [-0.15, -0.1) is 6.58 Å². The number of carboxylic acid groups (broad SMARTS) is 1. The molecule has 3 unspecified atom stereocenters. The van der Waals surface area contributed by atoms with E-state index < -0.39 is 5.97 Å². The lowest BCUT2D eigenvalue weighted by Gasteiger charge is -2.47. The molecule has 178 valence electrons. The van der Waals surface area contributed by atoms with Gasteiger partial charge < -0.3 is 14.7 Å². The molecule has 1 aliphatic heterocycles. The SMILES string of the molecule is C=CCN1CC(C)N(C(c2ccc(-c3noc(CC(=O)O)n3)cc2)c2cccc(O)c2)CC1C. The van der Waals surface area contributed by atoms with Crippen LogP contribution in [-0.4, -0.2) is 67.8 Å². The highest BCUT2D eigenvalue weighted by Gasteiger charge is 2.34. The third-order valence-electron chi connectivity index (χ3n) is 6.30. The summed E-state index contributed by atoms with van der Waals surface area (Å²) in [4.78, 5) is 20.0. The summed E-state index contributed by atoms with van der Waals surface area (Å²) in [5, 5.41) is 23.0. The molecule has 2 N–H and O–H groups in total. The van der Waals surface area contributed by atoms with Gasteiger partial charge in [-0.25, -0.2) is 0 Å². The first-order valence-corrected chi connectivity index (χ1v) is 11.4. The van der Waals surface area contributed by atoms with Gasteiger partial charge in [0.05, 0.1) is 6.04 Å². The second-order valence-corrected chi connectivity index (χ2v) is 8.84. The Kier molecular flexibility index (Phi) is 7.09. The van der Waals surface area contributed by atoms with Crippen LogP contribution in [0.2, 0.25) is 0 Å². The van der Waals surface area contributed by atoms with Crippen LogP contribution < -0.4 is 0 Å². The summed E-state index contributed by atoms with van der Waals surface area (Å²) in [6, 6.07) is 15.9. The monoisotopic (exact) mass is 462 g/mol. The van der Waals surface area contributed by atoms with E-state index in [9.17, 15) is 9.90 Å². The molecule has 1 aliphatic rings. The molecule has 0 radical (unpaired) electrons. The van der Waals surface area contributed by atoms with Crippen molar-refractivity contribution in [1.82, 2.24) is 19.9 Å². The van der Waals surface area contributed by atoms with Gasteiger partial charge in [-0.1, -0.05) is 47.6 Å². The topological polar surface area (TPSA) is 103 Å². The molecule has 2 aromatic carbocycles. The van der Waals surface area contributed by atoms with Crippen LogP contribution in [0.1, 0.15) is 36.9 Å². The fraction of sp³-hybridized carbons (Fsp3) is 0.346. The number of aliphatic carboxylic acids is 1. The molecule has 8 nitrogen and oxygen atoms in total. The van der Waals surface area contributed by atoms with Crippen LogP contribution in [0.15, 0.2) is 65.7 Å². The minimum Gasteiger partial charge on any atom is -0.508 e. The molecule has 3 atom stereocenters. The van der Waals surface area contributed by atoms with Crippen LogP contribution >= 0.6 is 0 Å². The lowest BCUT2D eigenvalue weighted by molar-refractivity contribution is -0.136. The number of rotatable bonds is 8. The molecule has 0 saturated carbocycles. The highest BCUT2D eigenvalue weighted by molar-refractivity contribution is 5.69. The number of carbonyl (C=O) groups is 1. The van der Waals surface area contributed by atoms with Crippen LogP contribution in [0.3, 0.4) is 0 Å². The molecule has 1 aromatic heterocycles. The Balaban J connectivity index is 1.65. The summed E-state index contributed by atoms with van der Waals surface area (Å²) in [6.07, 6.45) is 1.64. The molecule has 34 heavy (non-hydrogen) atoms. The third-order valence-corrected chi connectivity index (χ3v) is 6.30. The minimum absolute atomic E-state index is 0.0441. The zero-order valence-corrected chi connectivity index (χ0v) is 19.5.